The molecule has 16 nitrogen and oxygen atoms in total. The maximum atomic E-state index is 11.8. The van der Waals surface area contributed by atoms with Gasteiger partial charge in [0.25, 0.3) is 0 Å². The summed E-state index contributed by atoms with van der Waals surface area (Å²) in [5, 5.41) is 31.2. The number of rotatable bonds is 10. The minimum atomic E-state index is -1.26. The highest BCUT2D eigenvalue weighted by Gasteiger charge is 2.33. The second-order valence-corrected chi connectivity index (χ2v) is 8.62. The number of nitrogens with zero attached hydrogens (tertiary/aromatic N) is 4. The molecule has 0 spiro atoms. The molecule has 16 heteroatoms. The molecule has 1 unspecified atom stereocenters. The van der Waals surface area contributed by atoms with Crippen molar-refractivity contribution in [3.8, 4) is 0 Å². The lowest BCUT2D eigenvalue weighted by atomic mass is 10.2. The highest BCUT2D eigenvalue weighted by molar-refractivity contribution is 6.02. The number of esters is 1. The fourth-order valence-electron chi connectivity index (χ4n) is 3.67. The number of aliphatic carboxylic acids is 4. The van der Waals surface area contributed by atoms with Crippen molar-refractivity contribution >= 4 is 47.5 Å². The zero-order valence-electron chi connectivity index (χ0n) is 22.7. The molecule has 228 valence electrons. The third kappa shape index (κ3) is 14.9. The second kappa shape index (κ2) is 18.3. The number of anilines is 1. The molecule has 0 aromatic carbocycles. The first-order chi connectivity index (χ1) is 19.8. The van der Waals surface area contributed by atoms with E-state index in [4.69, 9.17) is 25.2 Å². The first-order valence-electron chi connectivity index (χ1n) is 12.4. The summed E-state index contributed by atoms with van der Waals surface area (Å²) in [7, 11) is 0. The van der Waals surface area contributed by atoms with E-state index in [1.165, 1.54) is 11.8 Å². The van der Waals surface area contributed by atoms with Gasteiger partial charge in [0.15, 0.2) is 0 Å². The molecular weight excluding hydrogens is 560 g/mol. The van der Waals surface area contributed by atoms with Crippen LogP contribution in [0.25, 0.3) is 0 Å². The standard InChI is InChI=1S/C18H24N4O4.2C4H4O4/c1-14(23)26-15(13-22-17(24)5-6-18(22)25)12-20-8-10-21(11-9-20)16-4-2-3-7-19-16;2*5-3(6)1-2-4(7)8/h2-4,7,15H,5-6,8-13H2,1H3;2*1-2H,(H,5,6)(H,7,8)/b;2*2-1-. The molecule has 3 heterocycles. The summed E-state index contributed by atoms with van der Waals surface area (Å²) in [4.78, 5) is 83.3. The topological polar surface area (TPSA) is 232 Å². The van der Waals surface area contributed by atoms with Crippen LogP contribution in [0.2, 0.25) is 0 Å². The van der Waals surface area contributed by atoms with Crippen LogP contribution in [0.5, 0.6) is 0 Å². The van der Waals surface area contributed by atoms with Crippen LogP contribution in [-0.4, -0.2) is 122 Å². The third-order valence-corrected chi connectivity index (χ3v) is 5.42. The minimum Gasteiger partial charge on any atom is -0.478 e. The van der Waals surface area contributed by atoms with Gasteiger partial charge in [0.2, 0.25) is 11.8 Å². The third-order valence-electron chi connectivity index (χ3n) is 5.42. The molecule has 1 aromatic heterocycles. The van der Waals surface area contributed by atoms with E-state index in [9.17, 15) is 33.6 Å². The Balaban J connectivity index is 0.000000454. The molecule has 2 saturated heterocycles. The summed E-state index contributed by atoms with van der Waals surface area (Å²) < 4.78 is 5.37. The summed E-state index contributed by atoms with van der Waals surface area (Å²) in [5.74, 6) is -4.85. The molecular formula is C26H32N4O12. The van der Waals surface area contributed by atoms with Crippen LogP contribution in [0.3, 0.4) is 0 Å². The lowest BCUT2D eigenvalue weighted by Gasteiger charge is -2.37. The summed E-state index contributed by atoms with van der Waals surface area (Å²) in [6, 6.07) is 5.85. The predicted octanol–water partition coefficient (Wildman–Crippen LogP) is -0.292. The van der Waals surface area contributed by atoms with Gasteiger partial charge in [-0.05, 0) is 12.1 Å². The van der Waals surface area contributed by atoms with Crippen molar-refractivity contribution < 1.29 is 58.7 Å². The van der Waals surface area contributed by atoms with Crippen LogP contribution in [-0.2, 0) is 38.3 Å². The molecule has 1 aromatic rings. The van der Waals surface area contributed by atoms with Crippen molar-refractivity contribution in [2.24, 2.45) is 0 Å². The normalized spacial score (nSPS) is 15.8. The number of pyridine rings is 1. The summed E-state index contributed by atoms with van der Waals surface area (Å²) in [5.41, 5.74) is 0. The number of piperazine rings is 1. The van der Waals surface area contributed by atoms with Crippen molar-refractivity contribution in [2.75, 3.05) is 44.2 Å². The molecule has 0 bridgehead atoms. The fraction of sp³-hybridized carbons (Fsp3) is 0.385. The van der Waals surface area contributed by atoms with Crippen LogP contribution >= 0.6 is 0 Å². The fourth-order valence-corrected chi connectivity index (χ4v) is 3.67. The number of hydrogen-bond acceptors (Lipinski definition) is 11. The van der Waals surface area contributed by atoms with Gasteiger partial charge >= 0.3 is 29.8 Å². The Kier molecular flexibility index (Phi) is 15.2. The van der Waals surface area contributed by atoms with Crippen molar-refractivity contribution in [3.05, 3.63) is 48.7 Å². The van der Waals surface area contributed by atoms with E-state index in [0.29, 0.717) is 30.8 Å². The van der Waals surface area contributed by atoms with Gasteiger partial charge in [-0.1, -0.05) is 6.07 Å². The van der Waals surface area contributed by atoms with Gasteiger partial charge in [-0.3, -0.25) is 24.2 Å². The Morgan fingerprint density at radius 2 is 1.29 bits per heavy atom. The largest absolute Gasteiger partial charge is 0.478 e. The van der Waals surface area contributed by atoms with E-state index in [1.807, 2.05) is 18.2 Å². The van der Waals surface area contributed by atoms with Crippen molar-refractivity contribution in [1.29, 1.82) is 0 Å². The van der Waals surface area contributed by atoms with Crippen molar-refractivity contribution in [2.45, 2.75) is 25.9 Å². The van der Waals surface area contributed by atoms with Gasteiger partial charge < -0.3 is 30.1 Å². The Hall–Kier alpha value is -5.12. The maximum Gasteiger partial charge on any atom is 0.328 e. The van der Waals surface area contributed by atoms with Gasteiger partial charge in [0.1, 0.15) is 11.9 Å². The van der Waals surface area contributed by atoms with Gasteiger partial charge in [-0.25, -0.2) is 24.2 Å². The number of hydrogen-bond donors (Lipinski definition) is 4. The number of ether oxygens (including phenoxy) is 1. The van der Waals surface area contributed by atoms with Gasteiger partial charge in [0, 0.05) is 83.0 Å². The molecule has 4 N–H and O–H groups in total. The van der Waals surface area contributed by atoms with E-state index >= 15 is 0 Å². The molecule has 1 atom stereocenters. The highest BCUT2D eigenvalue weighted by atomic mass is 16.5. The van der Waals surface area contributed by atoms with E-state index < -0.39 is 36.0 Å². The number of carbonyl (C=O) groups excluding carboxylic acids is 3. The van der Waals surface area contributed by atoms with Crippen LogP contribution in [0.1, 0.15) is 19.8 Å². The first kappa shape index (κ1) is 34.9. The van der Waals surface area contributed by atoms with E-state index in [0.717, 1.165) is 32.0 Å². The molecule has 3 rings (SSSR count). The first-order valence-corrected chi connectivity index (χ1v) is 12.4. The SMILES string of the molecule is CC(=O)OC(CN1CCN(c2ccccn2)CC1)CN1C(=O)CCC1=O.O=C(O)/C=C\C(=O)O.O=C(O)/C=C\C(=O)O. The van der Waals surface area contributed by atoms with E-state index in [2.05, 4.69) is 14.8 Å². The van der Waals surface area contributed by atoms with Crippen molar-refractivity contribution in [3.63, 3.8) is 0 Å². The molecule has 42 heavy (non-hydrogen) atoms. The Bertz CT molecular complexity index is 1090. The number of amides is 2. The molecule has 0 saturated carbocycles. The molecule has 2 aliphatic heterocycles. The zero-order valence-corrected chi connectivity index (χ0v) is 22.7. The molecule has 0 radical (unpaired) electrons. The maximum absolute atomic E-state index is 11.8. The quantitative estimate of drug-likeness (QED) is 0.155. The molecule has 2 aliphatic rings. The minimum absolute atomic E-state index is 0.137. The van der Waals surface area contributed by atoms with Crippen LogP contribution in [0.15, 0.2) is 48.7 Å². The van der Waals surface area contributed by atoms with Gasteiger partial charge in [0.05, 0.1) is 6.54 Å². The van der Waals surface area contributed by atoms with E-state index in [1.54, 1.807) is 6.20 Å². The number of carboxylic acid groups (broad SMARTS) is 4. The van der Waals surface area contributed by atoms with E-state index in [-0.39, 0.29) is 31.2 Å². The number of aromatic nitrogens is 1. The zero-order chi connectivity index (χ0) is 31.7. The Labute approximate surface area is 240 Å². The Morgan fingerprint density at radius 1 is 0.810 bits per heavy atom. The lowest BCUT2D eigenvalue weighted by Crippen LogP contribution is -2.51. The summed E-state index contributed by atoms with van der Waals surface area (Å²) in [6.07, 6.45) is 4.00. The highest BCUT2D eigenvalue weighted by Crippen LogP contribution is 2.16. The van der Waals surface area contributed by atoms with Crippen molar-refractivity contribution in [1.82, 2.24) is 14.8 Å². The average Bonchev–Trinajstić information content (AvgIpc) is 3.24. The molecule has 2 fully saturated rings. The lowest BCUT2D eigenvalue weighted by molar-refractivity contribution is -0.153. The van der Waals surface area contributed by atoms with Crippen LogP contribution < -0.4 is 4.90 Å². The molecule has 0 aliphatic carbocycles. The smallest absolute Gasteiger partial charge is 0.328 e. The van der Waals surface area contributed by atoms with Gasteiger partial charge in [-0.15, -0.1) is 0 Å². The van der Waals surface area contributed by atoms with Crippen LogP contribution in [0, 0.1) is 0 Å². The number of imide groups is 1. The number of carboxylic acids is 4. The molecule has 2 amide bonds. The summed E-state index contributed by atoms with van der Waals surface area (Å²) in [6.45, 7) is 5.24. The number of carbonyl (C=O) groups is 7. The second-order valence-electron chi connectivity index (χ2n) is 8.62. The van der Waals surface area contributed by atoms with Gasteiger partial charge in [-0.2, -0.15) is 0 Å². The van der Waals surface area contributed by atoms with Crippen LogP contribution in [0.4, 0.5) is 5.82 Å². The number of likely N-dealkylation sites (tertiary alicyclic amines) is 1. The monoisotopic (exact) mass is 592 g/mol. The Morgan fingerprint density at radius 3 is 1.67 bits per heavy atom. The summed E-state index contributed by atoms with van der Waals surface area (Å²) >= 11 is 0. The predicted molar refractivity (Wildman–Crippen MR) is 143 cm³/mol. The average molecular weight is 593 g/mol.